The van der Waals surface area contributed by atoms with E-state index >= 15 is 0 Å². The summed E-state index contributed by atoms with van der Waals surface area (Å²) >= 11 is 2.81. The molecule has 0 bridgehead atoms. The number of halogens is 4. The lowest BCUT2D eigenvalue weighted by atomic mass is 9.93. The van der Waals surface area contributed by atoms with Crippen molar-refractivity contribution in [3.63, 3.8) is 0 Å². The van der Waals surface area contributed by atoms with E-state index in [1.165, 1.54) is 0 Å². The molecule has 110 valence electrons. The predicted octanol–water partition coefficient (Wildman–Crippen LogP) is 2.85. The molecule has 0 heterocycles. The van der Waals surface area contributed by atoms with Crippen LogP contribution in [0.15, 0.2) is 18.2 Å². The van der Waals surface area contributed by atoms with Crippen molar-refractivity contribution in [1.29, 1.82) is 0 Å². The summed E-state index contributed by atoms with van der Waals surface area (Å²) in [5.74, 6) is -2.34. The molecule has 0 aliphatic carbocycles. The fourth-order valence-electron chi connectivity index (χ4n) is 1.69. The third kappa shape index (κ3) is 3.37. The molecule has 0 aliphatic heterocycles. The van der Waals surface area contributed by atoms with E-state index in [-0.39, 0.29) is 0 Å². The van der Waals surface area contributed by atoms with Crippen molar-refractivity contribution < 1.29 is 33.0 Å². The molecular formula is C12H10BrF3O4. The highest BCUT2D eigenvalue weighted by atomic mass is 79.9. The van der Waals surface area contributed by atoms with Gasteiger partial charge in [0, 0.05) is 0 Å². The Balaban J connectivity index is 3.61. The van der Waals surface area contributed by atoms with Gasteiger partial charge in [-0.3, -0.25) is 4.79 Å². The highest BCUT2D eigenvalue weighted by Gasteiger charge is 2.38. The van der Waals surface area contributed by atoms with Gasteiger partial charge >= 0.3 is 12.1 Å². The topological polar surface area (TPSA) is 74.6 Å². The first kappa shape index (κ1) is 16.6. The number of carbonyl (C=O) groups is 2. The Kier molecular flexibility index (Phi) is 4.93. The van der Waals surface area contributed by atoms with E-state index in [4.69, 9.17) is 5.11 Å². The Hall–Kier alpha value is -1.41. The average Bonchev–Trinajstić information content (AvgIpc) is 2.34. The summed E-state index contributed by atoms with van der Waals surface area (Å²) in [7, 11) is 0. The normalized spacial score (nSPS) is 14.7. The number of rotatable bonds is 4. The standard InChI is InChI=1S/C12H10BrF3O4/c1-5(17)9(13)8-6(10(18)11(19)20)3-2-4-7(8)12(14,15)16/h2-4,9-10,18H,1H3,(H,19,20). The third-order valence-corrected chi connectivity index (χ3v) is 3.69. The molecule has 0 aliphatic rings. The highest BCUT2D eigenvalue weighted by molar-refractivity contribution is 9.09. The van der Waals surface area contributed by atoms with Crippen LogP contribution in [0, 0.1) is 0 Å². The van der Waals surface area contributed by atoms with Gasteiger partial charge in [0.1, 0.15) is 5.78 Å². The lowest BCUT2D eigenvalue weighted by Gasteiger charge is -2.20. The summed E-state index contributed by atoms with van der Waals surface area (Å²) in [5, 5.41) is 18.2. The SMILES string of the molecule is CC(=O)C(Br)c1c(C(O)C(=O)O)cccc1C(F)(F)F. The van der Waals surface area contributed by atoms with Crippen molar-refractivity contribution in [2.75, 3.05) is 0 Å². The number of Topliss-reactive ketones (excluding diaryl/α,β-unsaturated/α-hetero) is 1. The van der Waals surface area contributed by atoms with Gasteiger partial charge in [0.2, 0.25) is 0 Å². The molecule has 20 heavy (non-hydrogen) atoms. The molecule has 1 rings (SSSR count). The molecule has 0 spiro atoms. The highest BCUT2D eigenvalue weighted by Crippen LogP contribution is 2.41. The fourth-order valence-corrected chi connectivity index (χ4v) is 2.20. The molecule has 0 saturated heterocycles. The van der Waals surface area contributed by atoms with Gasteiger partial charge in [0.05, 0.1) is 10.4 Å². The van der Waals surface area contributed by atoms with Crippen molar-refractivity contribution >= 4 is 27.7 Å². The van der Waals surface area contributed by atoms with Crippen LogP contribution in [0.25, 0.3) is 0 Å². The van der Waals surface area contributed by atoms with Crippen LogP contribution in [0.3, 0.4) is 0 Å². The summed E-state index contributed by atoms with van der Waals surface area (Å²) in [5.41, 5.74) is -2.21. The first-order valence-corrected chi connectivity index (χ1v) is 6.24. The minimum Gasteiger partial charge on any atom is -0.479 e. The average molecular weight is 355 g/mol. The largest absolute Gasteiger partial charge is 0.479 e. The minimum atomic E-state index is -4.77. The number of hydrogen-bond acceptors (Lipinski definition) is 3. The molecule has 1 aromatic carbocycles. The Labute approximate surface area is 120 Å². The monoisotopic (exact) mass is 354 g/mol. The zero-order valence-electron chi connectivity index (χ0n) is 10.1. The number of aliphatic hydroxyl groups excluding tert-OH is 1. The summed E-state index contributed by atoms with van der Waals surface area (Å²) < 4.78 is 38.9. The van der Waals surface area contributed by atoms with E-state index in [1.807, 2.05) is 0 Å². The van der Waals surface area contributed by atoms with Crippen LogP contribution in [-0.2, 0) is 15.8 Å². The number of carbonyl (C=O) groups excluding carboxylic acids is 1. The van der Waals surface area contributed by atoms with Crippen LogP contribution in [0.1, 0.15) is 34.5 Å². The summed E-state index contributed by atoms with van der Waals surface area (Å²) in [4.78, 5) is 20.7. The second-order valence-electron chi connectivity index (χ2n) is 4.02. The summed E-state index contributed by atoms with van der Waals surface area (Å²) in [6.45, 7) is 1.06. The Morgan fingerprint density at radius 2 is 1.85 bits per heavy atom. The number of carboxylic acids is 1. The van der Waals surface area contributed by atoms with Crippen molar-refractivity contribution in [1.82, 2.24) is 0 Å². The number of aliphatic carboxylic acids is 1. The fraction of sp³-hybridized carbons (Fsp3) is 0.333. The number of benzene rings is 1. The number of ketones is 1. The Morgan fingerprint density at radius 1 is 1.30 bits per heavy atom. The Morgan fingerprint density at radius 3 is 2.25 bits per heavy atom. The molecule has 0 amide bonds. The first-order chi connectivity index (χ1) is 9.07. The van der Waals surface area contributed by atoms with Gasteiger partial charge in [0.15, 0.2) is 6.10 Å². The molecule has 0 saturated carbocycles. The van der Waals surface area contributed by atoms with Crippen molar-refractivity contribution in [2.45, 2.75) is 24.0 Å². The van der Waals surface area contributed by atoms with Gasteiger partial charge in [-0.05, 0) is 24.1 Å². The van der Waals surface area contributed by atoms with E-state index in [0.717, 1.165) is 25.1 Å². The molecule has 0 aromatic heterocycles. The van der Waals surface area contributed by atoms with Crippen LogP contribution in [0.4, 0.5) is 13.2 Å². The van der Waals surface area contributed by atoms with Crippen molar-refractivity contribution in [3.05, 3.63) is 34.9 Å². The van der Waals surface area contributed by atoms with Crippen LogP contribution in [0.5, 0.6) is 0 Å². The number of carboxylic acid groups (broad SMARTS) is 1. The van der Waals surface area contributed by atoms with Gasteiger partial charge < -0.3 is 10.2 Å². The smallest absolute Gasteiger partial charge is 0.416 e. The molecular weight excluding hydrogens is 345 g/mol. The molecule has 4 nitrogen and oxygen atoms in total. The van der Waals surface area contributed by atoms with E-state index in [1.54, 1.807) is 0 Å². The lowest BCUT2D eigenvalue weighted by Crippen LogP contribution is -2.20. The van der Waals surface area contributed by atoms with E-state index in [9.17, 15) is 27.9 Å². The summed E-state index contributed by atoms with van der Waals surface area (Å²) in [6, 6.07) is 2.75. The maximum absolute atomic E-state index is 13.0. The summed E-state index contributed by atoms with van der Waals surface area (Å²) in [6.07, 6.45) is -6.92. The van der Waals surface area contributed by atoms with Crippen LogP contribution < -0.4 is 0 Å². The van der Waals surface area contributed by atoms with Gasteiger partial charge in [-0.1, -0.05) is 28.1 Å². The maximum Gasteiger partial charge on any atom is 0.416 e. The van der Waals surface area contributed by atoms with Gasteiger partial charge in [-0.2, -0.15) is 13.2 Å². The Bertz CT molecular complexity index is 542. The van der Waals surface area contributed by atoms with E-state index < -0.39 is 45.6 Å². The second kappa shape index (κ2) is 5.92. The van der Waals surface area contributed by atoms with Crippen molar-refractivity contribution in [2.24, 2.45) is 0 Å². The quantitative estimate of drug-likeness (QED) is 0.815. The lowest BCUT2D eigenvalue weighted by molar-refractivity contribution is -0.147. The predicted molar refractivity (Wildman–Crippen MR) is 66.4 cm³/mol. The van der Waals surface area contributed by atoms with Crippen LogP contribution in [-0.4, -0.2) is 22.0 Å². The first-order valence-electron chi connectivity index (χ1n) is 5.32. The van der Waals surface area contributed by atoms with Gasteiger partial charge in [0.25, 0.3) is 0 Å². The van der Waals surface area contributed by atoms with Gasteiger partial charge in [-0.15, -0.1) is 0 Å². The van der Waals surface area contributed by atoms with E-state index in [0.29, 0.717) is 0 Å². The van der Waals surface area contributed by atoms with Gasteiger partial charge in [-0.25, -0.2) is 4.79 Å². The molecule has 1 aromatic rings. The maximum atomic E-state index is 13.0. The van der Waals surface area contributed by atoms with Crippen molar-refractivity contribution in [3.8, 4) is 0 Å². The molecule has 8 heteroatoms. The van der Waals surface area contributed by atoms with E-state index in [2.05, 4.69) is 15.9 Å². The number of alkyl halides is 4. The molecule has 2 atom stereocenters. The zero-order chi connectivity index (χ0) is 15.7. The molecule has 0 radical (unpaired) electrons. The third-order valence-electron chi connectivity index (χ3n) is 2.58. The molecule has 0 fully saturated rings. The molecule has 2 N–H and O–H groups in total. The number of aliphatic hydroxyl groups is 1. The zero-order valence-corrected chi connectivity index (χ0v) is 11.7. The van der Waals surface area contributed by atoms with Crippen LogP contribution in [0.2, 0.25) is 0 Å². The number of hydrogen-bond donors (Lipinski definition) is 2. The minimum absolute atomic E-state index is 0.468. The molecule has 2 unspecified atom stereocenters. The van der Waals surface area contributed by atoms with Crippen LogP contribution >= 0.6 is 15.9 Å². The second-order valence-corrected chi connectivity index (χ2v) is 4.94.